The summed E-state index contributed by atoms with van der Waals surface area (Å²) in [4.78, 5) is 10.9. The normalized spacial score (nSPS) is 19.9. The number of anilines is 1. The molecule has 0 radical (unpaired) electrons. The van der Waals surface area contributed by atoms with Gasteiger partial charge in [0.1, 0.15) is 12.1 Å². The van der Waals surface area contributed by atoms with Gasteiger partial charge in [-0.05, 0) is 32.1 Å². The first-order chi connectivity index (χ1) is 8.76. The Kier molecular flexibility index (Phi) is 4.80. The van der Waals surface area contributed by atoms with Gasteiger partial charge in [0, 0.05) is 18.4 Å². The maximum absolute atomic E-state index is 5.27. The third-order valence-electron chi connectivity index (χ3n) is 3.54. The highest BCUT2D eigenvalue weighted by Gasteiger charge is 2.22. The zero-order valence-corrected chi connectivity index (χ0v) is 12.6. The molecule has 0 aliphatic carbocycles. The zero-order chi connectivity index (χ0) is 13.0. The van der Waals surface area contributed by atoms with Gasteiger partial charge in [0.05, 0.1) is 12.7 Å². The van der Waals surface area contributed by atoms with Crippen molar-refractivity contribution in [2.24, 2.45) is 5.92 Å². The van der Waals surface area contributed by atoms with Crippen LogP contribution in [0.5, 0.6) is 5.88 Å². The average molecular weight is 314 g/mol. The van der Waals surface area contributed by atoms with Crippen LogP contribution in [0.1, 0.15) is 24.8 Å². The average Bonchev–Trinajstić information content (AvgIpc) is 2.40. The van der Waals surface area contributed by atoms with Crippen LogP contribution in [0.15, 0.2) is 6.33 Å². The van der Waals surface area contributed by atoms with Crippen molar-refractivity contribution in [2.45, 2.75) is 26.2 Å². The molecule has 100 valence electrons. The predicted octanol–water partition coefficient (Wildman–Crippen LogP) is 2.80. The van der Waals surface area contributed by atoms with E-state index in [0.717, 1.165) is 35.7 Å². The molecule has 0 saturated carbocycles. The van der Waals surface area contributed by atoms with Crippen LogP contribution in [0.25, 0.3) is 0 Å². The maximum atomic E-state index is 5.27. The van der Waals surface area contributed by atoms with E-state index in [9.17, 15) is 0 Å². The number of piperidine rings is 1. The lowest BCUT2D eigenvalue weighted by Gasteiger charge is -2.34. The van der Waals surface area contributed by atoms with E-state index in [1.54, 1.807) is 13.4 Å². The van der Waals surface area contributed by atoms with Crippen LogP contribution >= 0.6 is 15.9 Å². The van der Waals surface area contributed by atoms with Crippen molar-refractivity contribution in [1.82, 2.24) is 9.97 Å². The van der Waals surface area contributed by atoms with Crippen LogP contribution < -0.4 is 9.64 Å². The van der Waals surface area contributed by atoms with E-state index < -0.39 is 0 Å². The van der Waals surface area contributed by atoms with Gasteiger partial charge in [0.15, 0.2) is 0 Å². The second-order valence-corrected chi connectivity index (χ2v) is 5.56. The van der Waals surface area contributed by atoms with Crippen molar-refractivity contribution >= 4 is 21.7 Å². The predicted molar refractivity (Wildman–Crippen MR) is 76.7 cm³/mol. The smallest absolute Gasteiger partial charge is 0.221 e. The van der Waals surface area contributed by atoms with Gasteiger partial charge in [0.2, 0.25) is 5.88 Å². The molecule has 1 aliphatic rings. The quantitative estimate of drug-likeness (QED) is 0.801. The second-order valence-electron chi connectivity index (χ2n) is 4.76. The molecule has 2 heterocycles. The molecular weight excluding hydrogens is 294 g/mol. The Labute approximate surface area is 117 Å². The largest absolute Gasteiger partial charge is 0.481 e. The Balaban J connectivity index is 2.15. The molecule has 0 amide bonds. The summed E-state index contributed by atoms with van der Waals surface area (Å²) in [5, 5.41) is 1.08. The monoisotopic (exact) mass is 313 g/mol. The van der Waals surface area contributed by atoms with Gasteiger partial charge in [0.25, 0.3) is 0 Å². The van der Waals surface area contributed by atoms with E-state index in [2.05, 4.69) is 30.8 Å². The summed E-state index contributed by atoms with van der Waals surface area (Å²) < 4.78 is 5.27. The van der Waals surface area contributed by atoms with Crippen molar-refractivity contribution in [2.75, 3.05) is 30.4 Å². The number of methoxy groups -OCH3 is 1. The SMILES string of the molecule is COc1ncnc(N2CCCC(CCBr)C2)c1C. The van der Waals surface area contributed by atoms with Crippen molar-refractivity contribution in [3.63, 3.8) is 0 Å². The summed E-state index contributed by atoms with van der Waals surface area (Å²) in [6.07, 6.45) is 5.39. The van der Waals surface area contributed by atoms with Gasteiger partial charge < -0.3 is 9.64 Å². The number of hydrogen-bond acceptors (Lipinski definition) is 4. The lowest BCUT2D eigenvalue weighted by atomic mass is 9.95. The fourth-order valence-electron chi connectivity index (χ4n) is 2.60. The third kappa shape index (κ3) is 2.94. The Morgan fingerprint density at radius 2 is 2.33 bits per heavy atom. The van der Waals surface area contributed by atoms with E-state index >= 15 is 0 Å². The van der Waals surface area contributed by atoms with Crippen LogP contribution in [-0.4, -0.2) is 35.5 Å². The molecular formula is C13H20BrN3O. The van der Waals surface area contributed by atoms with Gasteiger partial charge >= 0.3 is 0 Å². The molecule has 1 aromatic heterocycles. The second kappa shape index (κ2) is 6.36. The summed E-state index contributed by atoms with van der Waals surface area (Å²) in [7, 11) is 1.66. The molecule has 0 bridgehead atoms. The minimum atomic E-state index is 0.683. The summed E-state index contributed by atoms with van der Waals surface area (Å²) in [5.41, 5.74) is 1.04. The summed E-state index contributed by atoms with van der Waals surface area (Å²) in [6, 6.07) is 0. The molecule has 1 aromatic rings. The van der Waals surface area contributed by atoms with Crippen molar-refractivity contribution in [1.29, 1.82) is 0 Å². The number of nitrogens with zero attached hydrogens (tertiary/aromatic N) is 3. The highest BCUT2D eigenvalue weighted by molar-refractivity contribution is 9.09. The summed E-state index contributed by atoms with van der Waals surface area (Å²) in [6.45, 7) is 4.20. The van der Waals surface area contributed by atoms with Crippen LogP contribution in [0.4, 0.5) is 5.82 Å². The van der Waals surface area contributed by atoms with Gasteiger partial charge in [-0.15, -0.1) is 0 Å². The fourth-order valence-corrected chi connectivity index (χ4v) is 3.24. The highest BCUT2D eigenvalue weighted by atomic mass is 79.9. The maximum Gasteiger partial charge on any atom is 0.221 e. The summed E-state index contributed by atoms with van der Waals surface area (Å²) >= 11 is 3.53. The van der Waals surface area contributed by atoms with Crippen LogP contribution in [0, 0.1) is 12.8 Å². The zero-order valence-electron chi connectivity index (χ0n) is 11.0. The number of ether oxygens (including phenoxy) is 1. The van der Waals surface area contributed by atoms with Gasteiger partial charge in [-0.25, -0.2) is 9.97 Å². The molecule has 0 spiro atoms. The van der Waals surface area contributed by atoms with Gasteiger partial charge in [-0.2, -0.15) is 0 Å². The number of rotatable bonds is 4. The molecule has 1 atom stereocenters. The first-order valence-corrected chi connectivity index (χ1v) is 7.55. The van der Waals surface area contributed by atoms with Crippen LogP contribution in [0.2, 0.25) is 0 Å². The highest BCUT2D eigenvalue weighted by Crippen LogP contribution is 2.28. The van der Waals surface area contributed by atoms with E-state index in [-0.39, 0.29) is 0 Å². The Morgan fingerprint density at radius 1 is 1.50 bits per heavy atom. The standard InChI is InChI=1S/C13H20BrN3O/c1-10-12(15-9-16-13(10)18-2)17-7-3-4-11(8-17)5-6-14/h9,11H,3-8H2,1-2H3. The topological polar surface area (TPSA) is 38.3 Å². The molecule has 2 rings (SSSR count). The van der Waals surface area contributed by atoms with E-state index in [4.69, 9.17) is 4.74 Å². The Hall–Kier alpha value is -0.840. The molecule has 18 heavy (non-hydrogen) atoms. The number of halogens is 1. The van der Waals surface area contributed by atoms with Gasteiger partial charge in [-0.3, -0.25) is 0 Å². The molecule has 1 unspecified atom stereocenters. The molecule has 0 aromatic carbocycles. The fraction of sp³-hybridized carbons (Fsp3) is 0.692. The number of aromatic nitrogens is 2. The Bertz CT molecular complexity index is 398. The molecule has 1 fully saturated rings. The molecule has 4 nitrogen and oxygen atoms in total. The minimum absolute atomic E-state index is 0.683. The van der Waals surface area contributed by atoms with Crippen molar-refractivity contribution < 1.29 is 4.74 Å². The molecule has 5 heteroatoms. The molecule has 1 saturated heterocycles. The first kappa shape index (κ1) is 13.6. The van der Waals surface area contributed by atoms with Crippen molar-refractivity contribution in [3.05, 3.63) is 11.9 Å². The lowest BCUT2D eigenvalue weighted by Crippen LogP contribution is -2.36. The number of hydrogen-bond donors (Lipinski definition) is 0. The molecule has 0 N–H and O–H groups in total. The van der Waals surface area contributed by atoms with Gasteiger partial charge in [-0.1, -0.05) is 15.9 Å². The van der Waals surface area contributed by atoms with Crippen molar-refractivity contribution in [3.8, 4) is 5.88 Å². The third-order valence-corrected chi connectivity index (χ3v) is 4.00. The first-order valence-electron chi connectivity index (χ1n) is 6.42. The Morgan fingerprint density at radius 3 is 3.06 bits per heavy atom. The minimum Gasteiger partial charge on any atom is -0.481 e. The molecule has 1 aliphatic heterocycles. The lowest BCUT2D eigenvalue weighted by molar-refractivity contribution is 0.388. The van der Waals surface area contributed by atoms with E-state index in [1.807, 2.05) is 6.92 Å². The van der Waals surface area contributed by atoms with Crippen LogP contribution in [0.3, 0.4) is 0 Å². The van der Waals surface area contributed by atoms with Crippen LogP contribution in [-0.2, 0) is 0 Å². The van der Waals surface area contributed by atoms with E-state index in [0.29, 0.717) is 5.88 Å². The number of alkyl halides is 1. The summed E-state index contributed by atoms with van der Waals surface area (Å²) in [5.74, 6) is 2.47. The van der Waals surface area contributed by atoms with E-state index in [1.165, 1.54) is 19.3 Å².